The van der Waals surface area contributed by atoms with Crippen LogP contribution in [0.1, 0.15) is 16.7 Å². The second-order valence-corrected chi connectivity index (χ2v) is 13.7. The Bertz CT molecular complexity index is 1810. The van der Waals surface area contributed by atoms with Gasteiger partial charge in [0.1, 0.15) is 6.54 Å². The third-order valence-electron chi connectivity index (χ3n) is 6.36. The molecule has 0 radical (unpaired) electrons. The first kappa shape index (κ1) is 30.4. The van der Waals surface area contributed by atoms with Crippen molar-refractivity contribution in [2.24, 2.45) is 0 Å². The molecule has 4 aromatic rings. The number of hydrogen-bond acceptors (Lipinski definition) is 5. The van der Waals surface area contributed by atoms with Crippen molar-refractivity contribution in [2.45, 2.75) is 30.6 Å². The zero-order valence-electron chi connectivity index (χ0n) is 22.4. The van der Waals surface area contributed by atoms with Crippen LogP contribution in [0.25, 0.3) is 0 Å². The molecule has 0 aliphatic carbocycles. The van der Waals surface area contributed by atoms with E-state index in [0.29, 0.717) is 26.9 Å². The van der Waals surface area contributed by atoms with E-state index in [0.717, 1.165) is 9.87 Å². The lowest BCUT2D eigenvalue weighted by Crippen LogP contribution is -2.38. The summed E-state index contributed by atoms with van der Waals surface area (Å²) in [5.74, 6) is -0.636. The Kier molecular flexibility index (Phi) is 8.98. The molecule has 0 saturated heterocycles. The summed E-state index contributed by atoms with van der Waals surface area (Å²) in [4.78, 5) is 13.1. The molecule has 0 spiro atoms. The molecule has 4 aromatic carbocycles. The third-order valence-corrected chi connectivity index (χ3v) is 10.3. The molecule has 12 heteroatoms. The van der Waals surface area contributed by atoms with Crippen molar-refractivity contribution >= 4 is 66.2 Å². The van der Waals surface area contributed by atoms with E-state index in [1.807, 2.05) is 6.92 Å². The molecule has 214 valence electrons. The number of carbonyl (C=O) groups is 1. The van der Waals surface area contributed by atoms with Gasteiger partial charge in [-0.2, -0.15) is 0 Å². The summed E-state index contributed by atoms with van der Waals surface area (Å²) >= 11 is 12.4. The minimum Gasteiger partial charge on any atom is -0.325 e. The van der Waals surface area contributed by atoms with Gasteiger partial charge in [0.25, 0.3) is 20.0 Å². The molecule has 8 nitrogen and oxygen atoms in total. The van der Waals surface area contributed by atoms with Crippen molar-refractivity contribution in [2.75, 3.05) is 20.9 Å². The standard InChI is InChI=1S/C29H27Cl2N3O5S2/c1-19-10-14-24(15-11-19)41(38,39)34(28-9-5-7-26(31)21(28)3)18-29(35)32-22-12-16-23(17-13-22)40(36,37)33-27-8-4-6-25(30)20(27)2/h4-17,33H,18H2,1-3H3,(H,32,35). The fourth-order valence-electron chi connectivity index (χ4n) is 3.97. The lowest BCUT2D eigenvalue weighted by molar-refractivity contribution is -0.114. The number of hydrogen-bond donors (Lipinski definition) is 2. The van der Waals surface area contributed by atoms with Crippen molar-refractivity contribution in [3.8, 4) is 0 Å². The molecule has 4 rings (SSSR count). The molecule has 1 amide bonds. The number of nitrogens with one attached hydrogen (secondary N) is 2. The molecular weight excluding hydrogens is 605 g/mol. The number of benzene rings is 4. The molecule has 0 aliphatic rings. The Labute approximate surface area is 250 Å². The van der Waals surface area contributed by atoms with Gasteiger partial charge in [-0.05, 0) is 92.6 Å². The fourth-order valence-corrected chi connectivity index (χ4v) is 6.92. The predicted octanol–water partition coefficient (Wildman–Crippen LogP) is 6.55. The second kappa shape index (κ2) is 12.1. The molecule has 0 fully saturated rings. The number of sulfonamides is 2. The quantitative estimate of drug-likeness (QED) is 0.217. The van der Waals surface area contributed by atoms with Crippen LogP contribution in [0.15, 0.2) is 94.7 Å². The zero-order valence-corrected chi connectivity index (χ0v) is 25.5. The van der Waals surface area contributed by atoms with Crippen molar-refractivity contribution < 1.29 is 21.6 Å². The smallest absolute Gasteiger partial charge is 0.264 e. The number of halogens is 2. The average molecular weight is 633 g/mol. The monoisotopic (exact) mass is 631 g/mol. The molecule has 0 unspecified atom stereocenters. The number of aryl methyl sites for hydroxylation is 1. The van der Waals surface area contributed by atoms with E-state index in [-0.39, 0.29) is 21.2 Å². The Balaban J connectivity index is 1.57. The van der Waals surface area contributed by atoms with E-state index < -0.39 is 32.5 Å². The number of amides is 1. The van der Waals surface area contributed by atoms with Crippen LogP contribution < -0.4 is 14.3 Å². The predicted molar refractivity (Wildman–Crippen MR) is 164 cm³/mol. The Morgan fingerprint density at radius 2 is 1.29 bits per heavy atom. The summed E-state index contributed by atoms with van der Waals surface area (Å²) in [6.45, 7) is 4.66. The van der Waals surface area contributed by atoms with Crippen LogP contribution in [-0.2, 0) is 24.8 Å². The van der Waals surface area contributed by atoms with Gasteiger partial charge in [-0.15, -0.1) is 0 Å². The van der Waals surface area contributed by atoms with Gasteiger partial charge in [-0.1, -0.05) is 53.0 Å². The van der Waals surface area contributed by atoms with Gasteiger partial charge in [-0.3, -0.25) is 13.8 Å². The van der Waals surface area contributed by atoms with Gasteiger partial charge in [0.2, 0.25) is 5.91 Å². The summed E-state index contributed by atoms with van der Waals surface area (Å²) in [7, 11) is -8.08. The van der Waals surface area contributed by atoms with E-state index in [1.165, 1.54) is 36.4 Å². The van der Waals surface area contributed by atoms with Gasteiger partial charge in [0.05, 0.1) is 21.2 Å². The van der Waals surface area contributed by atoms with Crippen molar-refractivity contribution in [1.82, 2.24) is 0 Å². The maximum Gasteiger partial charge on any atom is 0.264 e. The largest absolute Gasteiger partial charge is 0.325 e. The van der Waals surface area contributed by atoms with Crippen molar-refractivity contribution in [3.05, 3.63) is 112 Å². The SMILES string of the molecule is Cc1ccc(S(=O)(=O)N(CC(=O)Nc2ccc(S(=O)(=O)Nc3cccc(Cl)c3C)cc2)c2cccc(Cl)c2C)cc1. The summed E-state index contributed by atoms with van der Waals surface area (Å²) in [6, 6.07) is 21.5. The van der Waals surface area contributed by atoms with Crippen LogP contribution in [0.4, 0.5) is 17.1 Å². The zero-order chi connectivity index (χ0) is 29.9. The first-order chi connectivity index (χ1) is 19.3. The molecule has 0 atom stereocenters. The highest BCUT2D eigenvalue weighted by Gasteiger charge is 2.29. The van der Waals surface area contributed by atoms with E-state index in [2.05, 4.69) is 10.0 Å². The number of nitrogens with zero attached hydrogens (tertiary/aromatic N) is 1. The summed E-state index contributed by atoms with van der Waals surface area (Å²) in [5, 5.41) is 3.42. The lowest BCUT2D eigenvalue weighted by Gasteiger charge is -2.26. The highest BCUT2D eigenvalue weighted by molar-refractivity contribution is 7.93. The maximum absolute atomic E-state index is 13.7. The van der Waals surface area contributed by atoms with Gasteiger partial charge >= 0.3 is 0 Å². The van der Waals surface area contributed by atoms with E-state index in [9.17, 15) is 21.6 Å². The van der Waals surface area contributed by atoms with Gasteiger partial charge in [-0.25, -0.2) is 16.8 Å². The molecular formula is C29H27Cl2N3O5S2. The lowest BCUT2D eigenvalue weighted by atomic mass is 10.2. The van der Waals surface area contributed by atoms with Crippen molar-refractivity contribution in [3.63, 3.8) is 0 Å². The minimum absolute atomic E-state index is 0.0206. The van der Waals surface area contributed by atoms with Crippen LogP contribution >= 0.6 is 23.2 Å². The molecule has 2 N–H and O–H groups in total. The minimum atomic E-state index is -4.14. The van der Waals surface area contributed by atoms with Crippen molar-refractivity contribution in [1.29, 1.82) is 0 Å². The first-order valence-corrected chi connectivity index (χ1v) is 16.0. The summed E-state index contributed by atoms with van der Waals surface area (Å²) in [5.41, 5.74) is 2.86. The van der Waals surface area contributed by atoms with Crippen LogP contribution in [0.3, 0.4) is 0 Å². The molecule has 0 aliphatic heterocycles. The molecule has 0 bridgehead atoms. The second-order valence-electron chi connectivity index (χ2n) is 9.30. The van der Waals surface area contributed by atoms with E-state index >= 15 is 0 Å². The number of anilines is 3. The van der Waals surface area contributed by atoms with Gasteiger partial charge < -0.3 is 5.32 Å². The first-order valence-electron chi connectivity index (χ1n) is 12.3. The summed E-state index contributed by atoms with van der Waals surface area (Å²) < 4.78 is 56.6. The fraction of sp³-hybridized carbons (Fsp3) is 0.138. The molecule has 0 aromatic heterocycles. The number of carbonyl (C=O) groups excluding carboxylic acids is 1. The normalized spacial score (nSPS) is 11.6. The van der Waals surface area contributed by atoms with Crippen LogP contribution in [-0.4, -0.2) is 29.3 Å². The highest BCUT2D eigenvalue weighted by Crippen LogP contribution is 2.31. The maximum atomic E-state index is 13.7. The van der Waals surface area contributed by atoms with Gasteiger partial charge in [0, 0.05) is 15.7 Å². The average Bonchev–Trinajstić information content (AvgIpc) is 2.92. The Morgan fingerprint density at radius 1 is 0.732 bits per heavy atom. The van der Waals surface area contributed by atoms with Crippen LogP contribution in [0, 0.1) is 20.8 Å². The topological polar surface area (TPSA) is 113 Å². The highest BCUT2D eigenvalue weighted by atomic mass is 35.5. The molecule has 41 heavy (non-hydrogen) atoms. The van der Waals surface area contributed by atoms with E-state index in [1.54, 1.807) is 62.4 Å². The number of rotatable bonds is 9. The molecule has 0 saturated carbocycles. The van der Waals surface area contributed by atoms with Crippen LogP contribution in [0.2, 0.25) is 10.0 Å². The Hall–Kier alpha value is -3.57. The van der Waals surface area contributed by atoms with E-state index in [4.69, 9.17) is 23.2 Å². The third kappa shape index (κ3) is 6.84. The molecule has 0 heterocycles. The summed E-state index contributed by atoms with van der Waals surface area (Å²) in [6.07, 6.45) is 0. The Morgan fingerprint density at radius 3 is 1.93 bits per heavy atom. The van der Waals surface area contributed by atoms with Gasteiger partial charge in [0.15, 0.2) is 0 Å². The van der Waals surface area contributed by atoms with Crippen LogP contribution in [0.5, 0.6) is 0 Å².